The highest BCUT2D eigenvalue weighted by Crippen LogP contribution is 2.30. The molecular weight excluding hydrogens is 296 g/mol. The molecule has 1 aromatic carbocycles. The summed E-state index contributed by atoms with van der Waals surface area (Å²) >= 11 is 3.65. The largest absolute Gasteiger partial charge is 0.319 e. The Balaban J connectivity index is 1.91. The zero-order valence-electron chi connectivity index (χ0n) is 12.0. The van der Waals surface area contributed by atoms with Crippen LogP contribution in [0.2, 0.25) is 0 Å². The van der Waals surface area contributed by atoms with Crippen LogP contribution in [-0.4, -0.2) is 18.6 Å². The van der Waals surface area contributed by atoms with Gasteiger partial charge in [-0.15, -0.1) is 22.7 Å². The maximum atomic E-state index is 4.91. The number of rotatable bonds is 6. The molecule has 21 heavy (non-hydrogen) atoms. The number of hydrogen-bond donors (Lipinski definition) is 1. The van der Waals surface area contributed by atoms with Gasteiger partial charge in [0.05, 0.1) is 10.7 Å². The Morgan fingerprint density at radius 1 is 1.10 bits per heavy atom. The Bertz CT molecular complexity index is 672. The first kappa shape index (κ1) is 14.4. The molecule has 108 valence electrons. The molecule has 1 N–H and O–H groups in total. The lowest BCUT2D eigenvalue weighted by atomic mass is 10.1. The van der Waals surface area contributed by atoms with E-state index < -0.39 is 0 Å². The Kier molecular flexibility index (Phi) is 4.80. The van der Waals surface area contributed by atoms with Crippen LogP contribution in [0, 0.1) is 0 Å². The second-order valence-electron chi connectivity index (χ2n) is 4.86. The van der Waals surface area contributed by atoms with Crippen molar-refractivity contribution in [1.82, 2.24) is 10.3 Å². The van der Waals surface area contributed by atoms with Crippen molar-refractivity contribution >= 4 is 22.7 Å². The summed E-state index contributed by atoms with van der Waals surface area (Å²) in [6.45, 7) is 0.987. The van der Waals surface area contributed by atoms with Crippen molar-refractivity contribution < 1.29 is 0 Å². The number of likely N-dealkylation sites (N-methyl/N-ethyl adjacent to an activating group) is 1. The first-order valence-electron chi connectivity index (χ1n) is 7.08. The summed E-state index contributed by atoms with van der Waals surface area (Å²) in [6.07, 6.45) is 1.98. The Morgan fingerprint density at radius 3 is 2.67 bits per heavy atom. The summed E-state index contributed by atoms with van der Waals surface area (Å²) in [5.74, 6) is 0. The van der Waals surface area contributed by atoms with E-state index in [1.807, 2.05) is 18.4 Å². The highest BCUT2D eigenvalue weighted by molar-refractivity contribution is 7.12. The monoisotopic (exact) mass is 314 g/mol. The van der Waals surface area contributed by atoms with Gasteiger partial charge < -0.3 is 5.32 Å². The van der Waals surface area contributed by atoms with Crippen molar-refractivity contribution in [2.75, 3.05) is 13.6 Å². The number of nitrogens with zero attached hydrogens (tertiary/aromatic N) is 1. The van der Waals surface area contributed by atoms with Crippen LogP contribution < -0.4 is 5.32 Å². The normalized spacial score (nSPS) is 10.9. The maximum absolute atomic E-state index is 4.91. The lowest BCUT2D eigenvalue weighted by Crippen LogP contribution is -2.09. The van der Waals surface area contributed by atoms with Gasteiger partial charge in [0, 0.05) is 21.7 Å². The number of thiazole rings is 1. The van der Waals surface area contributed by atoms with E-state index in [2.05, 4.69) is 53.2 Å². The maximum Gasteiger partial charge on any atom is 0.0987 e. The molecular formula is C17H18N2S2. The third-order valence-electron chi connectivity index (χ3n) is 3.30. The predicted molar refractivity (Wildman–Crippen MR) is 92.3 cm³/mol. The fourth-order valence-corrected chi connectivity index (χ4v) is 4.18. The molecule has 3 rings (SSSR count). The minimum atomic E-state index is 0.946. The molecule has 0 amide bonds. The highest BCUT2D eigenvalue weighted by atomic mass is 32.1. The molecule has 0 atom stereocenters. The average molecular weight is 314 g/mol. The van der Waals surface area contributed by atoms with E-state index in [0.29, 0.717) is 0 Å². The van der Waals surface area contributed by atoms with Gasteiger partial charge in [0.1, 0.15) is 0 Å². The van der Waals surface area contributed by atoms with Gasteiger partial charge in [-0.05, 0) is 31.5 Å². The van der Waals surface area contributed by atoms with Crippen molar-refractivity contribution in [1.29, 1.82) is 0 Å². The van der Waals surface area contributed by atoms with Crippen LogP contribution in [0.3, 0.4) is 0 Å². The second-order valence-corrected chi connectivity index (χ2v) is 7.06. The van der Waals surface area contributed by atoms with Gasteiger partial charge in [0.25, 0.3) is 0 Å². The zero-order chi connectivity index (χ0) is 14.5. The average Bonchev–Trinajstić information content (AvgIpc) is 3.16. The van der Waals surface area contributed by atoms with E-state index >= 15 is 0 Å². The smallest absolute Gasteiger partial charge is 0.0987 e. The summed E-state index contributed by atoms with van der Waals surface area (Å²) in [6, 6.07) is 14.8. The Morgan fingerprint density at radius 2 is 1.95 bits per heavy atom. The molecule has 0 radical (unpaired) electrons. The van der Waals surface area contributed by atoms with Gasteiger partial charge in [0.2, 0.25) is 0 Å². The van der Waals surface area contributed by atoms with E-state index in [1.54, 1.807) is 11.3 Å². The van der Waals surface area contributed by atoms with E-state index in [0.717, 1.165) is 25.1 Å². The SMILES string of the molecule is CNCCc1sc(Cc2cccs2)nc1-c1ccccc1. The van der Waals surface area contributed by atoms with Gasteiger partial charge in [-0.2, -0.15) is 0 Å². The van der Waals surface area contributed by atoms with Crippen molar-refractivity contribution in [2.45, 2.75) is 12.8 Å². The molecule has 0 saturated carbocycles. The number of thiophene rings is 1. The predicted octanol–water partition coefficient (Wildman–Crippen LogP) is 4.22. The molecule has 2 nitrogen and oxygen atoms in total. The van der Waals surface area contributed by atoms with E-state index in [-0.39, 0.29) is 0 Å². The lowest BCUT2D eigenvalue weighted by molar-refractivity contribution is 0.799. The molecule has 0 bridgehead atoms. The van der Waals surface area contributed by atoms with Crippen molar-refractivity contribution in [3.8, 4) is 11.3 Å². The molecule has 2 heterocycles. The van der Waals surface area contributed by atoms with Crippen LogP contribution in [0.15, 0.2) is 47.8 Å². The van der Waals surface area contributed by atoms with Gasteiger partial charge in [-0.1, -0.05) is 36.4 Å². The number of hydrogen-bond acceptors (Lipinski definition) is 4. The van der Waals surface area contributed by atoms with E-state index in [9.17, 15) is 0 Å². The van der Waals surface area contributed by atoms with Crippen molar-refractivity contribution in [3.63, 3.8) is 0 Å². The second kappa shape index (κ2) is 6.98. The summed E-state index contributed by atoms with van der Waals surface area (Å²) in [4.78, 5) is 7.66. The molecule has 4 heteroatoms. The first-order valence-corrected chi connectivity index (χ1v) is 8.77. The van der Waals surface area contributed by atoms with Gasteiger partial charge in [0.15, 0.2) is 0 Å². The van der Waals surface area contributed by atoms with E-state index in [4.69, 9.17) is 4.98 Å². The number of aromatic nitrogens is 1. The molecule has 0 unspecified atom stereocenters. The third kappa shape index (κ3) is 3.59. The van der Waals surface area contributed by atoms with Crippen LogP contribution in [-0.2, 0) is 12.8 Å². The molecule has 0 aliphatic rings. The lowest BCUT2D eigenvalue weighted by Gasteiger charge is -2.01. The Labute approximate surface area is 133 Å². The first-order chi connectivity index (χ1) is 10.4. The fourth-order valence-electron chi connectivity index (χ4n) is 2.27. The molecule has 0 spiro atoms. The van der Waals surface area contributed by atoms with Crippen LogP contribution in [0.25, 0.3) is 11.3 Å². The quantitative estimate of drug-likeness (QED) is 0.736. The Hall–Kier alpha value is -1.49. The van der Waals surface area contributed by atoms with Gasteiger partial charge in [-0.3, -0.25) is 0 Å². The van der Waals surface area contributed by atoms with Crippen LogP contribution in [0.1, 0.15) is 14.8 Å². The van der Waals surface area contributed by atoms with Crippen LogP contribution >= 0.6 is 22.7 Å². The minimum absolute atomic E-state index is 0.946. The van der Waals surface area contributed by atoms with Crippen molar-refractivity contribution in [3.05, 3.63) is 62.6 Å². The highest BCUT2D eigenvalue weighted by Gasteiger charge is 2.13. The van der Waals surface area contributed by atoms with Crippen molar-refractivity contribution in [2.24, 2.45) is 0 Å². The topological polar surface area (TPSA) is 24.9 Å². The van der Waals surface area contributed by atoms with E-state index in [1.165, 1.54) is 20.3 Å². The summed E-state index contributed by atoms with van der Waals surface area (Å²) in [5, 5.41) is 6.57. The van der Waals surface area contributed by atoms with Gasteiger partial charge >= 0.3 is 0 Å². The minimum Gasteiger partial charge on any atom is -0.319 e. The zero-order valence-corrected chi connectivity index (χ0v) is 13.6. The molecule has 0 aliphatic carbocycles. The summed E-state index contributed by atoms with van der Waals surface area (Å²) < 4.78 is 0. The van der Waals surface area contributed by atoms with Crippen LogP contribution in [0.5, 0.6) is 0 Å². The number of benzene rings is 1. The van der Waals surface area contributed by atoms with Gasteiger partial charge in [-0.25, -0.2) is 4.98 Å². The third-order valence-corrected chi connectivity index (χ3v) is 5.29. The standard InChI is InChI=1S/C17H18N2S2/c1-18-10-9-15-17(13-6-3-2-4-7-13)19-16(21-15)12-14-8-5-11-20-14/h2-8,11,18H,9-10,12H2,1H3. The molecule has 3 aromatic rings. The molecule has 0 fully saturated rings. The van der Waals surface area contributed by atoms with Crippen LogP contribution in [0.4, 0.5) is 0 Å². The molecule has 0 saturated heterocycles. The molecule has 0 aliphatic heterocycles. The fraction of sp³-hybridized carbons (Fsp3) is 0.235. The summed E-state index contributed by atoms with van der Waals surface area (Å²) in [7, 11) is 2.00. The number of nitrogens with one attached hydrogen (secondary N) is 1. The molecule has 2 aromatic heterocycles. The summed E-state index contributed by atoms with van der Waals surface area (Å²) in [5.41, 5.74) is 2.37.